The van der Waals surface area contributed by atoms with Gasteiger partial charge in [0.05, 0.1) is 5.69 Å². The van der Waals surface area contributed by atoms with Crippen LogP contribution in [0.15, 0.2) is 6.07 Å². The number of piperidine rings is 1. The monoisotopic (exact) mass is 264 g/mol. The van der Waals surface area contributed by atoms with Gasteiger partial charge in [-0.25, -0.2) is 0 Å². The Morgan fingerprint density at radius 1 is 1.58 bits per heavy atom. The van der Waals surface area contributed by atoms with Gasteiger partial charge in [-0.3, -0.25) is 9.48 Å². The second-order valence-corrected chi connectivity index (χ2v) is 5.46. The van der Waals surface area contributed by atoms with Crippen LogP contribution in [0.3, 0.4) is 0 Å². The van der Waals surface area contributed by atoms with E-state index in [1.807, 2.05) is 27.1 Å². The van der Waals surface area contributed by atoms with Crippen molar-refractivity contribution in [2.24, 2.45) is 7.05 Å². The highest BCUT2D eigenvalue weighted by Gasteiger charge is 2.18. The molecule has 1 aliphatic rings. The molecular formula is C14H24N4O. The minimum Gasteiger partial charge on any atom is -0.340 e. The van der Waals surface area contributed by atoms with Crippen molar-refractivity contribution in [2.45, 2.75) is 38.6 Å². The Labute approximate surface area is 115 Å². The number of amides is 1. The van der Waals surface area contributed by atoms with Crippen LogP contribution < -0.4 is 5.32 Å². The molecule has 1 aromatic heterocycles. The van der Waals surface area contributed by atoms with Crippen LogP contribution in [0.4, 0.5) is 0 Å². The molecule has 1 amide bonds. The third-order valence-electron chi connectivity index (χ3n) is 3.79. The largest absolute Gasteiger partial charge is 0.340 e. The molecule has 1 aromatic rings. The number of aromatic nitrogens is 2. The standard InChI is InChI=1S/C14H24N4O/c1-11-10-13(18(3)16-11)14(19)17(2)9-7-12-6-4-5-8-15-12/h10,12,15H,4-9H2,1-3H3. The van der Waals surface area contributed by atoms with Crippen molar-refractivity contribution in [3.05, 3.63) is 17.5 Å². The van der Waals surface area contributed by atoms with E-state index in [9.17, 15) is 4.79 Å². The minimum atomic E-state index is 0.0545. The maximum Gasteiger partial charge on any atom is 0.271 e. The Morgan fingerprint density at radius 2 is 2.37 bits per heavy atom. The molecule has 1 unspecified atom stereocenters. The molecule has 1 fully saturated rings. The van der Waals surface area contributed by atoms with Crippen LogP contribution in [0.2, 0.25) is 0 Å². The molecule has 0 spiro atoms. The van der Waals surface area contributed by atoms with Gasteiger partial charge in [-0.2, -0.15) is 5.10 Å². The summed E-state index contributed by atoms with van der Waals surface area (Å²) in [5.74, 6) is 0.0545. The Morgan fingerprint density at radius 3 is 2.95 bits per heavy atom. The minimum absolute atomic E-state index is 0.0545. The number of nitrogens with zero attached hydrogens (tertiary/aromatic N) is 3. The zero-order valence-corrected chi connectivity index (χ0v) is 12.1. The average molecular weight is 264 g/mol. The number of rotatable bonds is 4. The number of carbonyl (C=O) groups is 1. The maximum absolute atomic E-state index is 12.3. The molecule has 1 saturated heterocycles. The van der Waals surface area contributed by atoms with Gasteiger partial charge >= 0.3 is 0 Å². The molecule has 2 rings (SSSR count). The number of aryl methyl sites for hydroxylation is 2. The van der Waals surface area contributed by atoms with E-state index in [1.54, 1.807) is 9.58 Å². The van der Waals surface area contributed by atoms with Crippen LogP contribution in [0, 0.1) is 6.92 Å². The van der Waals surface area contributed by atoms with Gasteiger partial charge in [-0.05, 0) is 38.8 Å². The summed E-state index contributed by atoms with van der Waals surface area (Å²) in [6.45, 7) is 3.81. The molecule has 106 valence electrons. The summed E-state index contributed by atoms with van der Waals surface area (Å²) in [4.78, 5) is 14.1. The first-order valence-corrected chi connectivity index (χ1v) is 7.07. The number of hydrogen-bond donors (Lipinski definition) is 1. The molecule has 0 bridgehead atoms. The van der Waals surface area contributed by atoms with Crippen LogP contribution >= 0.6 is 0 Å². The van der Waals surface area contributed by atoms with E-state index in [4.69, 9.17) is 0 Å². The smallest absolute Gasteiger partial charge is 0.271 e. The van der Waals surface area contributed by atoms with Crippen LogP contribution in [0.5, 0.6) is 0 Å². The molecule has 5 nitrogen and oxygen atoms in total. The van der Waals surface area contributed by atoms with Gasteiger partial charge in [-0.1, -0.05) is 6.42 Å². The lowest BCUT2D eigenvalue weighted by Gasteiger charge is -2.26. The number of hydrogen-bond acceptors (Lipinski definition) is 3. The predicted molar refractivity (Wildman–Crippen MR) is 75.2 cm³/mol. The van der Waals surface area contributed by atoms with Crippen molar-refractivity contribution in [3.63, 3.8) is 0 Å². The summed E-state index contributed by atoms with van der Waals surface area (Å²) in [6.07, 6.45) is 4.84. The van der Waals surface area contributed by atoms with Gasteiger partial charge in [-0.15, -0.1) is 0 Å². The fourth-order valence-electron chi connectivity index (χ4n) is 2.63. The topological polar surface area (TPSA) is 50.2 Å². The van der Waals surface area contributed by atoms with Crippen molar-refractivity contribution in [3.8, 4) is 0 Å². The molecular weight excluding hydrogens is 240 g/mol. The summed E-state index contributed by atoms with van der Waals surface area (Å²) in [5.41, 5.74) is 1.55. The van der Waals surface area contributed by atoms with E-state index in [-0.39, 0.29) is 5.91 Å². The average Bonchev–Trinajstić information content (AvgIpc) is 2.75. The van der Waals surface area contributed by atoms with E-state index in [0.717, 1.165) is 25.2 Å². The molecule has 19 heavy (non-hydrogen) atoms. The van der Waals surface area contributed by atoms with Gasteiger partial charge < -0.3 is 10.2 Å². The first-order valence-electron chi connectivity index (χ1n) is 7.07. The Balaban J connectivity index is 1.86. The second-order valence-electron chi connectivity index (χ2n) is 5.46. The highest BCUT2D eigenvalue weighted by Crippen LogP contribution is 2.11. The maximum atomic E-state index is 12.3. The van der Waals surface area contributed by atoms with Crippen molar-refractivity contribution < 1.29 is 4.79 Å². The predicted octanol–water partition coefficient (Wildman–Crippen LogP) is 1.33. The Hall–Kier alpha value is -1.36. The van der Waals surface area contributed by atoms with Crippen LogP contribution in [0.25, 0.3) is 0 Å². The number of carbonyl (C=O) groups excluding carboxylic acids is 1. The molecule has 0 saturated carbocycles. The van der Waals surface area contributed by atoms with E-state index >= 15 is 0 Å². The summed E-state index contributed by atoms with van der Waals surface area (Å²) in [7, 11) is 3.68. The van der Waals surface area contributed by atoms with Crippen molar-refractivity contribution in [1.29, 1.82) is 0 Å². The molecule has 0 radical (unpaired) electrons. The fraction of sp³-hybridized carbons (Fsp3) is 0.714. The first kappa shape index (κ1) is 14.1. The van der Waals surface area contributed by atoms with Gasteiger partial charge in [0.2, 0.25) is 0 Å². The van der Waals surface area contributed by atoms with Crippen molar-refractivity contribution >= 4 is 5.91 Å². The van der Waals surface area contributed by atoms with Gasteiger partial charge in [0, 0.05) is 26.7 Å². The third kappa shape index (κ3) is 3.56. The van der Waals surface area contributed by atoms with Gasteiger partial charge in [0.25, 0.3) is 5.91 Å². The SMILES string of the molecule is Cc1cc(C(=O)N(C)CCC2CCCCN2)n(C)n1. The summed E-state index contributed by atoms with van der Waals surface area (Å²) >= 11 is 0. The molecule has 5 heteroatoms. The molecule has 0 aliphatic carbocycles. The first-order chi connectivity index (χ1) is 9.08. The van der Waals surface area contributed by atoms with Crippen molar-refractivity contribution in [2.75, 3.05) is 20.1 Å². The molecule has 0 aromatic carbocycles. The molecule has 1 aliphatic heterocycles. The summed E-state index contributed by atoms with van der Waals surface area (Å²) < 4.78 is 1.66. The fourth-order valence-corrected chi connectivity index (χ4v) is 2.63. The highest BCUT2D eigenvalue weighted by atomic mass is 16.2. The highest BCUT2D eigenvalue weighted by molar-refractivity contribution is 5.92. The lowest BCUT2D eigenvalue weighted by Crippen LogP contribution is -2.38. The summed E-state index contributed by atoms with van der Waals surface area (Å²) in [6, 6.07) is 2.41. The van der Waals surface area contributed by atoms with E-state index in [2.05, 4.69) is 10.4 Å². The lowest BCUT2D eigenvalue weighted by molar-refractivity contribution is 0.0777. The van der Waals surface area contributed by atoms with Crippen LogP contribution in [-0.4, -0.2) is 46.8 Å². The molecule has 1 atom stereocenters. The van der Waals surface area contributed by atoms with Crippen LogP contribution in [-0.2, 0) is 7.05 Å². The lowest BCUT2D eigenvalue weighted by atomic mass is 10.0. The van der Waals surface area contributed by atoms with E-state index in [0.29, 0.717) is 11.7 Å². The quantitative estimate of drug-likeness (QED) is 0.892. The van der Waals surface area contributed by atoms with E-state index in [1.165, 1.54) is 19.3 Å². The zero-order chi connectivity index (χ0) is 13.8. The third-order valence-corrected chi connectivity index (χ3v) is 3.79. The zero-order valence-electron chi connectivity index (χ0n) is 12.1. The second kappa shape index (κ2) is 6.19. The Bertz CT molecular complexity index is 435. The van der Waals surface area contributed by atoms with Crippen LogP contribution in [0.1, 0.15) is 41.9 Å². The van der Waals surface area contributed by atoms with E-state index < -0.39 is 0 Å². The molecule has 2 heterocycles. The normalized spacial score (nSPS) is 19.4. The Kier molecular flexibility index (Phi) is 4.58. The summed E-state index contributed by atoms with van der Waals surface area (Å²) in [5, 5.41) is 7.73. The van der Waals surface area contributed by atoms with Gasteiger partial charge in [0.15, 0.2) is 0 Å². The molecule has 1 N–H and O–H groups in total. The van der Waals surface area contributed by atoms with Crippen molar-refractivity contribution in [1.82, 2.24) is 20.0 Å². The number of nitrogens with one attached hydrogen (secondary N) is 1. The van der Waals surface area contributed by atoms with Gasteiger partial charge in [0.1, 0.15) is 5.69 Å².